The number of aryl methyl sites for hydroxylation is 1. The van der Waals surface area contributed by atoms with Crippen LogP contribution in [0, 0.1) is 52.8 Å². The maximum absolute atomic E-state index is 4.19. The van der Waals surface area contributed by atoms with E-state index in [1.54, 1.807) is 0 Å². The molecule has 0 aliphatic carbocycles. The topological polar surface area (TPSA) is 0 Å². The Kier molecular flexibility index (Phi) is 17.8. The van der Waals surface area contributed by atoms with Crippen LogP contribution in [0.1, 0.15) is 191 Å². The fraction of sp³-hybridized carbons (Fsp3) is 0.381. The third-order valence-corrected chi connectivity index (χ3v) is 61.6. The van der Waals surface area contributed by atoms with Gasteiger partial charge >= 0.3 is 0 Å². The Bertz CT molecular complexity index is 7000. The fourth-order valence-corrected chi connectivity index (χ4v) is 53.1. The molecule has 0 aliphatic heterocycles. The second kappa shape index (κ2) is 26.1. The predicted molar refractivity (Wildman–Crippen MR) is 516 cm³/mol. The van der Waals surface area contributed by atoms with Gasteiger partial charge in [0.05, 0.1) is 19.5 Å². The molecule has 8 heterocycles. The number of hydrogen-bond acceptors (Lipinski definition) is 8. The third-order valence-electron chi connectivity index (χ3n) is 27.6. The molecule has 0 unspecified atom stereocenters. The molecular formula is C97H100S8Si4. The van der Waals surface area contributed by atoms with E-state index in [0.717, 1.165) is 0 Å². The van der Waals surface area contributed by atoms with Gasteiger partial charge in [0.15, 0.2) is 0 Å². The Balaban J connectivity index is 0.944. The van der Waals surface area contributed by atoms with Crippen LogP contribution in [0.15, 0.2) is 78.2 Å². The Hall–Kier alpha value is -5.89. The highest BCUT2D eigenvalue weighted by molar-refractivity contribution is 7.31. The molecular weight excluding hydrogens is 1530 g/mol. The van der Waals surface area contributed by atoms with Crippen LogP contribution in [0.25, 0.3) is 177 Å². The van der Waals surface area contributed by atoms with Crippen LogP contribution < -0.4 is 0 Å². The maximum Gasteiger partial charge on any atom is 0.146 e. The quantitative estimate of drug-likeness (QED) is 0.0613. The van der Waals surface area contributed by atoms with Gasteiger partial charge in [-0.3, -0.25) is 0 Å². The van der Waals surface area contributed by atoms with Crippen molar-refractivity contribution >= 4 is 290 Å². The minimum Gasteiger partial charge on any atom is -0.143 e. The minimum atomic E-state index is -2.04. The summed E-state index contributed by atoms with van der Waals surface area (Å²) in [6, 6.07) is 30.6. The van der Waals surface area contributed by atoms with Gasteiger partial charge < -0.3 is 0 Å². The molecule has 0 fully saturated rings. The summed E-state index contributed by atoms with van der Waals surface area (Å²) in [5.74, 6) is 15.9. The number of fused-ring (bicyclic) bond motifs is 24. The van der Waals surface area contributed by atoms with Gasteiger partial charge in [-0.05, 0) is 195 Å². The van der Waals surface area contributed by atoms with Crippen LogP contribution in [0.2, 0.25) is 66.5 Å². The summed E-state index contributed by atoms with van der Waals surface area (Å²) in [7, 11) is -8.07. The standard InChI is InChI=1S/C97H100S8Si4/c1-47(2)106(48(3)4,49(5)6)32-27-64-37-60-42-70-78-82(90(60)100-64)68-26-31-98-94(68)83(78)69-41-61-38-66(29-34-108(53(13)14,54(15)16)55(17)18)102-92(61)88-74-45-76(104-96(74)85(70)79(69)88)77-46-75-89-81-71(43-63-40-67(103-93(63)89)30-35-109(56(19)20,57(21)22)58(23)24)84-80-72(86(81)97(75)105-77)44-62-39-65(28-33-107(50(7)8,51(9)10)52(11)12)101-91(62)87(80)73-36-59(25)99-95(73)84/h26,31,36-58H,1-25H3. The lowest BCUT2D eigenvalue weighted by molar-refractivity contribution is 0.838. The number of hydrogen-bond donors (Lipinski definition) is 0. The first kappa shape index (κ1) is 74.5. The van der Waals surface area contributed by atoms with Gasteiger partial charge in [0.25, 0.3) is 0 Å². The van der Waals surface area contributed by atoms with Gasteiger partial charge in [0.1, 0.15) is 32.3 Å². The fourth-order valence-electron chi connectivity index (χ4n) is 23.1. The van der Waals surface area contributed by atoms with E-state index in [2.05, 4.69) is 297 Å². The molecule has 0 nitrogen and oxygen atoms in total. The van der Waals surface area contributed by atoms with Crippen molar-refractivity contribution in [3.8, 4) is 55.6 Å². The van der Waals surface area contributed by atoms with Crippen molar-refractivity contribution in [2.24, 2.45) is 0 Å². The minimum absolute atomic E-state index is 0.552. The molecule has 18 rings (SSSR count). The zero-order chi connectivity index (χ0) is 77.0. The first-order valence-corrected chi connectivity index (χ1v) is 55.9. The summed E-state index contributed by atoms with van der Waals surface area (Å²) >= 11 is 15.8. The van der Waals surface area contributed by atoms with Crippen LogP contribution in [-0.2, 0) is 0 Å². The second-order valence-electron chi connectivity index (χ2n) is 36.4. The van der Waals surface area contributed by atoms with E-state index >= 15 is 0 Å². The van der Waals surface area contributed by atoms with Crippen molar-refractivity contribution < 1.29 is 0 Å². The molecule has 0 amide bonds. The van der Waals surface area contributed by atoms with Crippen LogP contribution in [0.4, 0.5) is 0 Å². The van der Waals surface area contributed by atoms with Crippen molar-refractivity contribution in [2.45, 2.75) is 240 Å². The average molecular weight is 1630 g/mol. The highest BCUT2D eigenvalue weighted by Crippen LogP contribution is 2.62. The smallest absolute Gasteiger partial charge is 0.143 e. The second-order valence-corrected chi connectivity index (χ2v) is 67.2. The third kappa shape index (κ3) is 10.2. The predicted octanol–water partition coefficient (Wildman–Crippen LogP) is 34.6. The average Bonchev–Trinajstić information content (AvgIpc) is 1.51. The van der Waals surface area contributed by atoms with E-state index in [-0.39, 0.29) is 0 Å². The molecule has 18 aromatic rings. The number of thiophene rings is 8. The molecule has 0 aliphatic rings. The van der Waals surface area contributed by atoms with E-state index in [1.165, 1.54) is 201 Å². The molecule has 0 N–H and O–H groups in total. The Labute approximate surface area is 680 Å². The van der Waals surface area contributed by atoms with E-state index in [1.807, 2.05) is 90.7 Å². The van der Waals surface area contributed by atoms with Crippen LogP contribution in [0.5, 0.6) is 0 Å². The zero-order valence-electron chi connectivity index (χ0n) is 68.2. The summed E-state index contributed by atoms with van der Waals surface area (Å²) in [5, 5.41) is 35.8. The van der Waals surface area contributed by atoms with Crippen molar-refractivity contribution in [1.82, 2.24) is 0 Å². The molecule has 12 heteroatoms. The molecule has 109 heavy (non-hydrogen) atoms. The Morgan fingerprint density at radius 1 is 0.229 bits per heavy atom. The van der Waals surface area contributed by atoms with Crippen LogP contribution >= 0.6 is 90.7 Å². The summed E-state index contributed by atoms with van der Waals surface area (Å²) in [6.07, 6.45) is 0. The summed E-state index contributed by atoms with van der Waals surface area (Å²) in [5.41, 5.74) is 23.4. The van der Waals surface area contributed by atoms with Crippen molar-refractivity contribution in [3.63, 3.8) is 0 Å². The normalized spacial score (nSPS) is 13.7. The molecule has 0 atom stereocenters. The molecule has 0 saturated heterocycles. The van der Waals surface area contributed by atoms with Gasteiger partial charge in [-0.25, -0.2) is 0 Å². The largest absolute Gasteiger partial charge is 0.146 e. The molecule has 8 aromatic heterocycles. The van der Waals surface area contributed by atoms with Gasteiger partial charge in [0.2, 0.25) is 0 Å². The first-order chi connectivity index (χ1) is 51.8. The first-order valence-electron chi connectivity index (χ1n) is 40.3. The van der Waals surface area contributed by atoms with Crippen molar-refractivity contribution in [2.75, 3.05) is 0 Å². The van der Waals surface area contributed by atoms with Crippen molar-refractivity contribution in [1.29, 1.82) is 0 Å². The van der Waals surface area contributed by atoms with Gasteiger partial charge in [-0.1, -0.05) is 190 Å². The number of benzene rings is 6. The lowest BCUT2D eigenvalue weighted by Crippen LogP contribution is -2.43. The Morgan fingerprint density at radius 3 is 0.743 bits per heavy atom. The number of rotatable bonds is 13. The monoisotopic (exact) mass is 1630 g/mol. The van der Waals surface area contributed by atoms with E-state index in [4.69, 9.17) is 0 Å². The molecule has 0 spiro atoms. The molecule has 10 aromatic carbocycles. The van der Waals surface area contributed by atoms with E-state index < -0.39 is 32.3 Å². The molecule has 552 valence electrons. The Morgan fingerprint density at radius 2 is 0.468 bits per heavy atom. The maximum atomic E-state index is 4.19. The van der Waals surface area contributed by atoms with Gasteiger partial charge in [0, 0.05) is 138 Å². The van der Waals surface area contributed by atoms with E-state index in [0.29, 0.717) is 66.5 Å². The van der Waals surface area contributed by atoms with E-state index in [9.17, 15) is 0 Å². The highest BCUT2D eigenvalue weighted by atomic mass is 32.1. The van der Waals surface area contributed by atoms with Crippen LogP contribution in [0.3, 0.4) is 0 Å². The molecule has 0 bridgehead atoms. The highest BCUT2D eigenvalue weighted by Gasteiger charge is 2.46. The summed E-state index contributed by atoms with van der Waals surface area (Å²) in [6.45, 7) is 61.0. The van der Waals surface area contributed by atoms with Gasteiger partial charge in [-0.2, -0.15) is 0 Å². The lowest BCUT2D eigenvalue weighted by Gasteiger charge is -2.38. The molecule has 0 saturated carbocycles. The van der Waals surface area contributed by atoms with Crippen molar-refractivity contribution in [3.05, 3.63) is 103 Å². The summed E-state index contributed by atoms with van der Waals surface area (Å²) < 4.78 is 11.2. The van der Waals surface area contributed by atoms with Crippen LogP contribution in [-0.4, -0.2) is 32.3 Å². The zero-order valence-corrected chi connectivity index (χ0v) is 78.7. The molecule has 0 radical (unpaired) electrons. The van der Waals surface area contributed by atoms with Gasteiger partial charge in [-0.15, -0.1) is 113 Å². The summed E-state index contributed by atoms with van der Waals surface area (Å²) in [4.78, 5) is 8.85. The lowest BCUT2D eigenvalue weighted by atomic mass is 9.94. The SMILES string of the molecule is Cc1cc2c(s1)c1c3cc4cc(C#C[Si](C(C)C)(C(C)C)C(C)C)sc4c4c5cc(-c6cc7c(s6)c6c8cc9cc(C#C[Si](C(C)C)(C(C)C)C(C)C)sc9c9c%10ccsc%10c(c%10cc%11cc(C#C[Si](C(C)C)(C(C)C)C(C)C)sc%11c7c%106)c89)sc5c(c5cc6cc(C#C[Si](C(C)C)(C(C)C)C(C)C)sc6c2c51)c34.